The van der Waals surface area contributed by atoms with Gasteiger partial charge in [0.1, 0.15) is 17.0 Å². The number of aryl methyl sites for hydroxylation is 1. The molecule has 1 aromatic heterocycles. The Morgan fingerprint density at radius 2 is 1.77 bits per heavy atom. The topological polar surface area (TPSA) is 117 Å². The van der Waals surface area contributed by atoms with Crippen molar-refractivity contribution in [2.75, 3.05) is 18.9 Å². The van der Waals surface area contributed by atoms with Crippen LogP contribution < -0.4 is 9.96 Å². The highest BCUT2D eigenvalue weighted by Crippen LogP contribution is 2.27. The third-order valence-electron chi connectivity index (χ3n) is 5.39. The van der Waals surface area contributed by atoms with Gasteiger partial charge in [0.25, 0.3) is 0 Å². The highest BCUT2D eigenvalue weighted by molar-refractivity contribution is 6.01. The van der Waals surface area contributed by atoms with Gasteiger partial charge in [0.15, 0.2) is 12.4 Å². The molecule has 35 heavy (non-hydrogen) atoms. The van der Waals surface area contributed by atoms with Crippen LogP contribution in [-0.4, -0.2) is 40.5 Å². The molecule has 3 aromatic carbocycles. The lowest BCUT2D eigenvalue weighted by atomic mass is 10.1. The summed E-state index contributed by atoms with van der Waals surface area (Å²) in [5.74, 6) is -0.600. The fraction of sp³-hybridized carbons (Fsp3) is 0.115. The highest BCUT2D eigenvalue weighted by atomic mass is 16.8. The van der Waals surface area contributed by atoms with E-state index < -0.39 is 18.4 Å². The molecule has 9 heteroatoms. The molecule has 1 N–H and O–H groups in total. The number of carbonyl (C=O) groups is 2. The van der Waals surface area contributed by atoms with Crippen molar-refractivity contribution in [3.05, 3.63) is 101 Å². The summed E-state index contributed by atoms with van der Waals surface area (Å²) in [5, 5.41) is 24.8. The van der Waals surface area contributed by atoms with Gasteiger partial charge in [0.05, 0.1) is 18.5 Å². The summed E-state index contributed by atoms with van der Waals surface area (Å²) in [6.07, 6.45) is 1.55. The predicted octanol–water partition coefficient (Wildman–Crippen LogP) is 4.59. The molecule has 0 bridgehead atoms. The molecule has 0 atom stereocenters. The van der Waals surface area contributed by atoms with Gasteiger partial charge in [-0.25, -0.2) is 9.48 Å². The smallest absolute Gasteiger partial charge is 0.342 e. The summed E-state index contributed by atoms with van der Waals surface area (Å²) in [6.45, 7) is 1.07. The van der Waals surface area contributed by atoms with Gasteiger partial charge in [-0.2, -0.15) is 5.10 Å². The van der Waals surface area contributed by atoms with Gasteiger partial charge in [-0.1, -0.05) is 30.3 Å². The maximum Gasteiger partial charge on any atom is 0.342 e. The second kappa shape index (κ2) is 10.2. The van der Waals surface area contributed by atoms with E-state index in [1.54, 1.807) is 49.2 Å². The van der Waals surface area contributed by atoms with Crippen LogP contribution in [0.15, 0.2) is 79.0 Å². The number of para-hydroxylation sites is 1. The standard InChI is InChI=1S/C26H22N3O6/c1-17-8-9-19(14-23(17)29(32)33)24(30)16-35-26(31)22-15-28(20-6-4-3-5-7-20)27-25(22)18-10-12-21(34-2)13-11-18/h3-15,32H,16H2,1-2H3/q-1. The quantitative estimate of drug-likeness (QED) is 0.225. The van der Waals surface area contributed by atoms with Crippen molar-refractivity contribution < 1.29 is 24.3 Å². The lowest BCUT2D eigenvalue weighted by Gasteiger charge is -2.24. The molecule has 9 nitrogen and oxygen atoms in total. The van der Waals surface area contributed by atoms with Crippen LogP contribution >= 0.6 is 0 Å². The normalized spacial score (nSPS) is 10.6. The van der Waals surface area contributed by atoms with Gasteiger partial charge < -0.3 is 19.9 Å². The van der Waals surface area contributed by atoms with E-state index in [-0.39, 0.29) is 22.0 Å². The van der Waals surface area contributed by atoms with E-state index in [1.165, 1.54) is 18.2 Å². The molecular formula is C26H22N3O6-. The van der Waals surface area contributed by atoms with Crippen LogP contribution in [0.2, 0.25) is 0 Å². The average molecular weight is 472 g/mol. The molecule has 4 aromatic rings. The third kappa shape index (κ3) is 5.21. The van der Waals surface area contributed by atoms with Crippen LogP contribution in [-0.2, 0) is 4.74 Å². The first-order valence-electron chi connectivity index (χ1n) is 10.6. The minimum atomic E-state index is -0.730. The third-order valence-corrected chi connectivity index (χ3v) is 5.39. The molecular weight excluding hydrogens is 450 g/mol. The minimum Gasteiger partial charge on any atom is -0.733 e. The Balaban J connectivity index is 1.60. The van der Waals surface area contributed by atoms with Gasteiger partial charge in [-0.05, 0) is 55.0 Å². The number of hydrogen-bond acceptors (Lipinski definition) is 8. The lowest BCUT2D eigenvalue weighted by Crippen LogP contribution is -2.16. The van der Waals surface area contributed by atoms with Gasteiger partial charge in [-0.3, -0.25) is 10.0 Å². The first-order chi connectivity index (χ1) is 16.9. The molecule has 1 heterocycles. The molecule has 0 aliphatic carbocycles. The zero-order valence-electron chi connectivity index (χ0n) is 19.0. The predicted molar refractivity (Wildman–Crippen MR) is 129 cm³/mol. The number of aromatic nitrogens is 2. The molecule has 0 spiro atoms. The number of esters is 1. The molecule has 0 radical (unpaired) electrons. The summed E-state index contributed by atoms with van der Waals surface area (Å²) in [7, 11) is 1.56. The van der Waals surface area contributed by atoms with Crippen LogP contribution in [0.5, 0.6) is 5.75 Å². The van der Waals surface area contributed by atoms with E-state index >= 15 is 0 Å². The Kier molecular flexibility index (Phi) is 6.91. The average Bonchev–Trinajstić information content (AvgIpc) is 3.33. The van der Waals surface area contributed by atoms with E-state index in [2.05, 4.69) is 5.10 Å². The molecule has 0 saturated heterocycles. The number of rotatable bonds is 8. The number of methoxy groups -OCH3 is 1. The van der Waals surface area contributed by atoms with Crippen molar-refractivity contribution in [2.24, 2.45) is 0 Å². The fourth-order valence-electron chi connectivity index (χ4n) is 3.48. The summed E-state index contributed by atoms with van der Waals surface area (Å²) in [4.78, 5) is 25.6. The van der Waals surface area contributed by atoms with E-state index in [0.29, 0.717) is 22.6 Å². The molecule has 0 fully saturated rings. The molecule has 0 unspecified atom stereocenters. The molecule has 4 rings (SSSR count). The lowest BCUT2D eigenvalue weighted by molar-refractivity contribution is 0.0475. The molecule has 0 amide bonds. The Morgan fingerprint density at radius 3 is 2.43 bits per heavy atom. The number of anilines is 1. The summed E-state index contributed by atoms with van der Waals surface area (Å²) < 4.78 is 12.1. The van der Waals surface area contributed by atoms with Gasteiger partial charge in [-0.15, -0.1) is 0 Å². The molecule has 0 saturated carbocycles. The van der Waals surface area contributed by atoms with Crippen molar-refractivity contribution in [1.82, 2.24) is 9.78 Å². The molecule has 178 valence electrons. The summed E-state index contributed by atoms with van der Waals surface area (Å²) >= 11 is 0. The van der Waals surface area contributed by atoms with Crippen molar-refractivity contribution >= 4 is 17.4 Å². The Bertz CT molecular complexity index is 1350. The SMILES string of the molecule is COc1ccc(-c2nn(-c3ccccc3)cc2C(=O)OCC(=O)c2ccc(C)c(N([O-])O)c2)cc1. The van der Waals surface area contributed by atoms with Crippen LogP contribution in [0.3, 0.4) is 0 Å². The number of ketones is 1. The zero-order chi connectivity index (χ0) is 24.9. The Hall–Kier alpha value is -4.47. The number of hydrogen-bond donors (Lipinski definition) is 1. The number of benzene rings is 3. The Morgan fingerprint density at radius 1 is 1.06 bits per heavy atom. The van der Waals surface area contributed by atoms with Crippen LogP contribution in [0.25, 0.3) is 16.9 Å². The van der Waals surface area contributed by atoms with E-state index in [1.807, 2.05) is 30.3 Å². The number of carbonyl (C=O) groups excluding carboxylic acids is 2. The Labute approximate surface area is 201 Å². The first kappa shape index (κ1) is 23.7. The second-order valence-electron chi connectivity index (χ2n) is 7.67. The van der Waals surface area contributed by atoms with Crippen molar-refractivity contribution in [1.29, 1.82) is 0 Å². The second-order valence-corrected chi connectivity index (χ2v) is 7.67. The van der Waals surface area contributed by atoms with Crippen molar-refractivity contribution in [3.63, 3.8) is 0 Å². The first-order valence-corrected chi connectivity index (χ1v) is 10.6. The summed E-state index contributed by atoms with van der Waals surface area (Å²) in [5.41, 5.74) is 2.53. The van der Waals surface area contributed by atoms with Gasteiger partial charge in [0.2, 0.25) is 0 Å². The maximum absolute atomic E-state index is 13.0. The maximum atomic E-state index is 13.0. The largest absolute Gasteiger partial charge is 0.733 e. The van der Waals surface area contributed by atoms with Crippen LogP contribution in [0.4, 0.5) is 5.69 Å². The van der Waals surface area contributed by atoms with Gasteiger partial charge in [0, 0.05) is 17.3 Å². The van der Waals surface area contributed by atoms with E-state index in [4.69, 9.17) is 9.47 Å². The van der Waals surface area contributed by atoms with Crippen molar-refractivity contribution in [2.45, 2.75) is 6.92 Å². The number of ether oxygens (including phenoxy) is 2. The zero-order valence-corrected chi connectivity index (χ0v) is 19.0. The fourth-order valence-corrected chi connectivity index (χ4v) is 3.48. The summed E-state index contributed by atoms with van der Waals surface area (Å²) in [6, 6.07) is 20.6. The number of nitrogens with zero attached hydrogens (tertiary/aromatic N) is 3. The molecule has 0 aliphatic rings. The molecule has 0 aliphatic heterocycles. The monoisotopic (exact) mass is 472 g/mol. The van der Waals surface area contributed by atoms with E-state index in [0.717, 1.165) is 5.69 Å². The van der Waals surface area contributed by atoms with Crippen molar-refractivity contribution in [3.8, 4) is 22.7 Å². The van der Waals surface area contributed by atoms with Crippen LogP contribution in [0.1, 0.15) is 26.3 Å². The number of Topliss-reactive ketones (excluding diaryl/α,β-unsaturated/α-hetero) is 1. The van der Waals surface area contributed by atoms with Gasteiger partial charge >= 0.3 is 5.97 Å². The highest BCUT2D eigenvalue weighted by Gasteiger charge is 2.21. The van der Waals surface area contributed by atoms with Crippen LogP contribution in [0, 0.1) is 12.1 Å². The van der Waals surface area contributed by atoms with E-state index in [9.17, 15) is 20.0 Å². The minimum absolute atomic E-state index is 0.0619.